The third-order valence-corrected chi connectivity index (χ3v) is 10.2. The Hall–Kier alpha value is -6.90. The van der Waals surface area contributed by atoms with Gasteiger partial charge in [-0.25, -0.2) is 0 Å². The highest BCUT2D eigenvalue weighted by atomic mass is 16.3. The van der Waals surface area contributed by atoms with Crippen LogP contribution in [0.25, 0.3) is 76.9 Å². The standard InChI is InChI=1S/C50H33NO/c1-4-15-34(16-5-1)42-24-14-25-43(35-17-6-2-7-18-35)49(42)51(39-29-30-41-38(33-39)28-27-37-21-10-11-22-40(37)41)46-32-31-44(36-19-8-3-9-20-36)50-48(46)45-23-12-13-26-47(45)52-50/h1-33H. The maximum atomic E-state index is 6.82. The predicted molar refractivity (Wildman–Crippen MR) is 220 cm³/mol. The molecule has 0 bridgehead atoms. The van der Waals surface area contributed by atoms with Gasteiger partial charge >= 0.3 is 0 Å². The molecule has 0 aliphatic carbocycles. The Morgan fingerprint density at radius 3 is 1.62 bits per heavy atom. The van der Waals surface area contributed by atoms with Crippen molar-refractivity contribution in [2.45, 2.75) is 0 Å². The molecule has 10 aromatic rings. The first-order valence-corrected chi connectivity index (χ1v) is 17.8. The van der Waals surface area contributed by atoms with Crippen LogP contribution in [0.3, 0.4) is 0 Å². The fourth-order valence-corrected chi connectivity index (χ4v) is 7.86. The fraction of sp³-hybridized carbons (Fsp3) is 0. The summed E-state index contributed by atoms with van der Waals surface area (Å²) in [5, 5.41) is 7.08. The van der Waals surface area contributed by atoms with Gasteiger partial charge < -0.3 is 9.32 Å². The van der Waals surface area contributed by atoms with Crippen LogP contribution in [0.15, 0.2) is 205 Å². The number of para-hydroxylation sites is 2. The number of nitrogens with zero attached hydrogens (tertiary/aromatic N) is 1. The Bertz CT molecular complexity index is 2830. The molecule has 0 aliphatic heterocycles. The lowest BCUT2D eigenvalue weighted by Gasteiger charge is -2.31. The lowest BCUT2D eigenvalue weighted by Crippen LogP contribution is -2.13. The van der Waals surface area contributed by atoms with Crippen molar-refractivity contribution in [3.05, 3.63) is 200 Å². The summed E-state index contributed by atoms with van der Waals surface area (Å²) in [5.74, 6) is 0. The Labute approximate surface area is 302 Å². The molecule has 0 saturated heterocycles. The van der Waals surface area contributed by atoms with Gasteiger partial charge in [0.05, 0.1) is 16.8 Å². The maximum Gasteiger partial charge on any atom is 0.145 e. The van der Waals surface area contributed by atoms with Crippen molar-refractivity contribution in [2.75, 3.05) is 4.90 Å². The molecule has 0 fully saturated rings. The van der Waals surface area contributed by atoms with Crippen molar-refractivity contribution in [2.24, 2.45) is 0 Å². The second-order valence-electron chi connectivity index (χ2n) is 13.3. The Morgan fingerprint density at radius 1 is 0.365 bits per heavy atom. The third-order valence-electron chi connectivity index (χ3n) is 10.2. The van der Waals surface area contributed by atoms with Crippen LogP contribution in [-0.2, 0) is 0 Å². The molecule has 1 heterocycles. The van der Waals surface area contributed by atoms with Crippen molar-refractivity contribution in [3.8, 4) is 33.4 Å². The molecular formula is C50H33NO. The molecule has 52 heavy (non-hydrogen) atoms. The van der Waals surface area contributed by atoms with Gasteiger partial charge in [-0.05, 0) is 68.6 Å². The van der Waals surface area contributed by atoms with Gasteiger partial charge in [0.2, 0.25) is 0 Å². The van der Waals surface area contributed by atoms with Crippen molar-refractivity contribution >= 4 is 60.5 Å². The smallest absolute Gasteiger partial charge is 0.145 e. The van der Waals surface area contributed by atoms with Gasteiger partial charge in [0, 0.05) is 27.8 Å². The average molecular weight is 664 g/mol. The van der Waals surface area contributed by atoms with Gasteiger partial charge in [-0.2, -0.15) is 0 Å². The molecule has 0 unspecified atom stereocenters. The summed E-state index contributed by atoms with van der Waals surface area (Å²) in [6, 6.07) is 71.7. The van der Waals surface area contributed by atoms with E-state index in [1.165, 1.54) is 21.5 Å². The lowest BCUT2D eigenvalue weighted by atomic mass is 9.93. The van der Waals surface area contributed by atoms with E-state index < -0.39 is 0 Å². The minimum absolute atomic E-state index is 0.867. The average Bonchev–Trinajstić information content (AvgIpc) is 3.62. The minimum atomic E-state index is 0.867. The topological polar surface area (TPSA) is 16.4 Å². The number of fused-ring (bicyclic) bond motifs is 6. The molecule has 0 saturated carbocycles. The summed E-state index contributed by atoms with van der Waals surface area (Å²) in [6.07, 6.45) is 0. The molecule has 10 rings (SSSR count). The number of benzene rings is 9. The zero-order chi connectivity index (χ0) is 34.4. The van der Waals surface area contributed by atoms with Crippen LogP contribution in [0.1, 0.15) is 0 Å². The maximum absolute atomic E-state index is 6.82. The summed E-state index contributed by atoms with van der Waals surface area (Å²) in [6.45, 7) is 0. The quantitative estimate of drug-likeness (QED) is 0.165. The van der Waals surface area contributed by atoms with E-state index in [2.05, 4.69) is 205 Å². The van der Waals surface area contributed by atoms with Crippen molar-refractivity contribution in [1.29, 1.82) is 0 Å². The van der Waals surface area contributed by atoms with E-state index in [-0.39, 0.29) is 0 Å². The molecule has 2 nitrogen and oxygen atoms in total. The van der Waals surface area contributed by atoms with E-state index in [4.69, 9.17) is 4.42 Å². The van der Waals surface area contributed by atoms with Gasteiger partial charge in [0.1, 0.15) is 11.2 Å². The summed E-state index contributed by atoms with van der Waals surface area (Å²) in [4.78, 5) is 2.47. The zero-order valence-electron chi connectivity index (χ0n) is 28.4. The molecule has 0 spiro atoms. The highest BCUT2D eigenvalue weighted by Crippen LogP contribution is 2.51. The van der Waals surface area contributed by atoms with Crippen LogP contribution in [0.2, 0.25) is 0 Å². The Morgan fingerprint density at radius 2 is 0.923 bits per heavy atom. The van der Waals surface area contributed by atoms with E-state index >= 15 is 0 Å². The number of hydrogen-bond donors (Lipinski definition) is 0. The molecule has 244 valence electrons. The van der Waals surface area contributed by atoms with Crippen LogP contribution < -0.4 is 4.90 Å². The molecular weight excluding hydrogens is 631 g/mol. The van der Waals surface area contributed by atoms with Gasteiger partial charge in [0.15, 0.2) is 0 Å². The van der Waals surface area contributed by atoms with E-state index in [9.17, 15) is 0 Å². The summed E-state index contributed by atoms with van der Waals surface area (Å²) in [5.41, 5.74) is 11.8. The molecule has 1 aromatic heterocycles. The van der Waals surface area contributed by atoms with E-state index in [0.717, 1.165) is 72.4 Å². The fourth-order valence-electron chi connectivity index (χ4n) is 7.86. The van der Waals surface area contributed by atoms with E-state index in [1.807, 2.05) is 0 Å². The zero-order valence-corrected chi connectivity index (χ0v) is 28.4. The third kappa shape index (κ3) is 4.96. The second kappa shape index (κ2) is 12.5. The normalized spacial score (nSPS) is 11.5. The number of rotatable bonds is 6. The van der Waals surface area contributed by atoms with Crippen LogP contribution in [0.4, 0.5) is 17.1 Å². The Kier molecular flexibility index (Phi) is 7.18. The lowest BCUT2D eigenvalue weighted by molar-refractivity contribution is 0.670. The molecule has 9 aromatic carbocycles. The monoisotopic (exact) mass is 663 g/mol. The van der Waals surface area contributed by atoms with Gasteiger partial charge in [-0.3, -0.25) is 0 Å². The molecule has 0 amide bonds. The predicted octanol–water partition coefficient (Wildman–Crippen LogP) is 14.4. The largest absolute Gasteiger partial charge is 0.455 e. The number of hydrogen-bond acceptors (Lipinski definition) is 2. The molecule has 0 N–H and O–H groups in total. The SMILES string of the molecule is c1ccc(-c2cccc(-c3ccccc3)c2N(c2ccc3c(ccc4ccccc43)c2)c2ccc(-c3ccccc3)c3oc4ccccc4c23)cc1. The van der Waals surface area contributed by atoms with Gasteiger partial charge in [-0.1, -0.05) is 170 Å². The van der Waals surface area contributed by atoms with Crippen LogP contribution in [-0.4, -0.2) is 0 Å². The van der Waals surface area contributed by atoms with E-state index in [0.29, 0.717) is 0 Å². The van der Waals surface area contributed by atoms with Gasteiger partial charge in [-0.15, -0.1) is 0 Å². The summed E-state index contributed by atoms with van der Waals surface area (Å²) >= 11 is 0. The molecule has 2 heteroatoms. The van der Waals surface area contributed by atoms with Crippen LogP contribution in [0.5, 0.6) is 0 Å². The molecule has 0 aliphatic rings. The first-order valence-electron chi connectivity index (χ1n) is 17.8. The van der Waals surface area contributed by atoms with Crippen LogP contribution >= 0.6 is 0 Å². The second-order valence-corrected chi connectivity index (χ2v) is 13.3. The van der Waals surface area contributed by atoms with Crippen molar-refractivity contribution in [1.82, 2.24) is 0 Å². The van der Waals surface area contributed by atoms with Gasteiger partial charge in [0.25, 0.3) is 0 Å². The number of furan rings is 1. The number of anilines is 3. The Balaban J connectivity index is 1.35. The summed E-state index contributed by atoms with van der Waals surface area (Å²) < 4.78 is 6.82. The molecule has 0 atom stereocenters. The molecule has 0 radical (unpaired) electrons. The van der Waals surface area contributed by atoms with Crippen molar-refractivity contribution in [3.63, 3.8) is 0 Å². The summed E-state index contributed by atoms with van der Waals surface area (Å²) in [7, 11) is 0. The first kappa shape index (κ1) is 30.0. The minimum Gasteiger partial charge on any atom is -0.455 e. The van der Waals surface area contributed by atoms with Crippen LogP contribution in [0, 0.1) is 0 Å². The van der Waals surface area contributed by atoms with E-state index in [1.54, 1.807) is 0 Å². The highest BCUT2D eigenvalue weighted by Gasteiger charge is 2.26. The van der Waals surface area contributed by atoms with Crippen molar-refractivity contribution < 1.29 is 4.42 Å². The first-order chi connectivity index (χ1) is 25.8. The highest BCUT2D eigenvalue weighted by molar-refractivity contribution is 6.18.